The highest BCUT2D eigenvalue weighted by Gasteiger charge is 2.32. The molecule has 4 rings (SSSR count). The van der Waals surface area contributed by atoms with E-state index in [4.69, 9.17) is 0 Å². The third-order valence-corrected chi connectivity index (χ3v) is 5.29. The molecule has 0 radical (unpaired) electrons. The Balaban J connectivity index is 1.52. The van der Waals surface area contributed by atoms with E-state index < -0.39 is 5.97 Å². The van der Waals surface area contributed by atoms with E-state index in [9.17, 15) is 14.7 Å². The Hall–Kier alpha value is -2.89. The molecule has 0 spiro atoms. The van der Waals surface area contributed by atoms with E-state index in [-0.39, 0.29) is 11.6 Å². The zero-order valence-corrected chi connectivity index (χ0v) is 14.5. The summed E-state index contributed by atoms with van der Waals surface area (Å²) in [6.45, 7) is 2.10. The molecular weight excluding hydrogens is 330 g/mol. The summed E-state index contributed by atoms with van der Waals surface area (Å²) in [5.41, 5.74) is 3.23. The maximum atomic E-state index is 13.1. The van der Waals surface area contributed by atoms with Gasteiger partial charge in [0.25, 0.3) is 0 Å². The van der Waals surface area contributed by atoms with Gasteiger partial charge in [0.1, 0.15) is 0 Å². The van der Waals surface area contributed by atoms with Gasteiger partial charge < -0.3 is 10.0 Å². The molecule has 1 saturated heterocycles. The van der Waals surface area contributed by atoms with E-state index in [0.717, 1.165) is 37.1 Å². The Bertz CT molecular complexity index is 837. The Morgan fingerprint density at radius 3 is 2.85 bits per heavy atom. The van der Waals surface area contributed by atoms with Crippen LogP contribution in [-0.2, 0) is 6.42 Å². The number of rotatable bonds is 2. The fourth-order valence-electron chi connectivity index (χ4n) is 3.92. The van der Waals surface area contributed by atoms with Crippen molar-refractivity contribution >= 4 is 17.7 Å². The number of aromatic nitrogens is 1. The number of carboxylic acids is 1. The van der Waals surface area contributed by atoms with Crippen LogP contribution in [0.1, 0.15) is 40.2 Å². The predicted molar refractivity (Wildman–Crippen MR) is 97.6 cm³/mol. The van der Waals surface area contributed by atoms with Crippen molar-refractivity contribution < 1.29 is 14.7 Å². The van der Waals surface area contributed by atoms with Gasteiger partial charge in [0.15, 0.2) is 0 Å². The third-order valence-electron chi connectivity index (χ3n) is 5.29. The number of likely N-dealkylation sites (tertiary alicyclic amines) is 1. The molecule has 0 bridgehead atoms. The molecule has 1 aromatic heterocycles. The van der Waals surface area contributed by atoms with Gasteiger partial charge in [0.05, 0.1) is 5.56 Å². The number of carbonyl (C=O) groups is 2. The Morgan fingerprint density at radius 1 is 1.19 bits per heavy atom. The maximum absolute atomic E-state index is 13.1. The molecule has 3 heterocycles. The average molecular weight is 351 g/mol. The van der Waals surface area contributed by atoms with E-state index in [2.05, 4.69) is 11.1 Å². The highest BCUT2D eigenvalue weighted by Crippen LogP contribution is 2.32. The van der Waals surface area contributed by atoms with Crippen molar-refractivity contribution in [1.29, 1.82) is 0 Å². The zero-order chi connectivity index (χ0) is 18.1. The van der Waals surface area contributed by atoms with E-state index >= 15 is 0 Å². The summed E-state index contributed by atoms with van der Waals surface area (Å²) in [4.78, 5) is 32.1. The van der Waals surface area contributed by atoms with Gasteiger partial charge in [0, 0.05) is 43.6 Å². The van der Waals surface area contributed by atoms with E-state index in [1.807, 2.05) is 17.2 Å². The molecule has 6 heteroatoms. The number of nitrogens with zero attached hydrogens (tertiary/aromatic N) is 3. The van der Waals surface area contributed by atoms with Crippen LogP contribution in [0, 0.1) is 0 Å². The smallest absolute Gasteiger partial charge is 0.335 e. The molecule has 134 valence electrons. The standard InChI is InChI=1S/C20H21N3O3/c24-19(25)15-5-6-18-14(11-15)4-2-9-23(18)20(26)22-10-7-17(13-22)16-3-1-8-21-12-16/h1,3,5-6,8,11-12,17H,2,4,7,9-10,13H2,(H,24,25). The number of hydrogen-bond donors (Lipinski definition) is 1. The first-order valence-corrected chi connectivity index (χ1v) is 8.96. The molecular formula is C20H21N3O3. The van der Waals surface area contributed by atoms with Crippen molar-refractivity contribution in [3.05, 3.63) is 59.4 Å². The second-order valence-corrected chi connectivity index (χ2v) is 6.90. The van der Waals surface area contributed by atoms with Gasteiger partial charge in [-0.25, -0.2) is 9.59 Å². The second-order valence-electron chi connectivity index (χ2n) is 6.90. The Morgan fingerprint density at radius 2 is 2.08 bits per heavy atom. The highest BCUT2D eigenvalue weighted by molar-refractivity contribution is 5.95. The van der Waals surface area contributed by atoms with Crippen molar-refractivity contribution in [2.45, 2.75) is 25.2 Å². The summed E-state index contributed by atoms with van der Waals surface area (Å²) in [7, 11) is 0. The van der Waals surface area contributed by atoms with Gasteiger partial charge in [0.2, 0.25) is 0 Å². The number of fused-ring (bicyclic) bond motifs is 1. The minimum absolute atomic E-state index is 0.0143. The van der Waals surface area contributed by atoms with E-state index in [0.29, 0.717) is 19.0 Å². The molecule has 1 N–H and O–H groups in total. The number of hydrogen-bond acceptors (Lipinski definition) is 3. The number of carbonyl (C=O) groups excluding carboxylic acids is 1. The molecule has 0 aliphatic carbocycles. The normalized spacial score (nSPS) is 19.3. The SMILES string of the molecule is O=C(O)c1ccc2c(c1)CCCN2C(=O)N1CCC(c2cccnc2)C1. The minimum Gasteiger partial charge on any atom is -0.478 e. The van der Waals surface area contributed by atoms with Crippen LogP contribution in [0.2, 0.25) is 0 Å². The van der Waals surface area contributed by atoms with Gasteiger partial charge in [-0.05, 0) is 54.7 Å². The molecule has 6 nitrogen and oxygen atoms in total. The van der Waals surface area contributed by atoms with Crippen molar-refractivity contribution in [1.82, 2.24) is 9.88 Å². The van der Waals surface area contributed by atoms with Crippen molar-refractivity contribution in [3.8, 4) is 0 Å². The molecule has 26 heavy (non-hydrogen) atoms. The Kier molecular flexibility index (Phi) is 4.32. The van der Waals surface area contributed by atoms with Crippen molar-refractivity contribution in [3.63, 3.8) is 0 Å². The third kappa shape index (κ3) is 3.03. The quantitative estimate of drug-likeness (QED) is 0.902. The van der Waals surface area contributed by atoms with Crippen LogP contribution in [0.5, 0.6) is 0 Å². The first-order chi connectivity index (χ1) is 12.6. The zero-order valence-electron chi connectivity index (χ0n) is 14.5. The topological polar surface area (TPSA) is 73.7 Å². The highest BCUT2D eigenvalue weighted by atomic mass is 16.4. The van der Waals surface area contributed by atoms with Crippen molar-refractivity contribution in [2.75, 3.05) is 24.5 Å². The lowest BCUT2D eigenvalue weighted by Gasteiger charge is -2.33. The van der Waals surface area contributed by atoms with Gasteiger partial charge in [-0.15, -0.1) is 0 Å². The summed E-state index contributed by atoms with van der Waals surface area (Å²) in [5.74, 6) is -0.610. The predicted octanol–water partition coefficient (Wildman–Crippen LogP) is 3.14. The summed E-state index contributed by atoms with van der Waals surface area (Å²) < 4.78 is 0. The first kappa shape index (κ1) is 16.6. The van der Waals surface area contributed by atoms with Crippen LogP contribution in [0.4, 0.5) is 10.5 Å². The monoisotopic (exact) mass is 351 g/mol. The maximum Gasteiger partial charge on any atom is 0.335 e. The molecule has 1 fully saturated rings. The van der Waals surface area contributed by atoms with Gasteiger partial charge >= 0.3 is 12.0 Å². The minimum atomic E-state index is -0.935. The molecule has 1 aromatic carbocycles. The average Bonchev–Trinajstić information content (AvgIpc) is 3.17. The van der Waals surface area contributed by atoms with Crippen LogP contribution in [0.25, 0.3) is 0 Å². The van der Waals surface area contributed by atoms with Crippen LogP contribution in [0.15, 0.2) is 42.7 Å². The fraction of sp³-hybridized carbons (Fsp3) is 0.350. The van der Waals surface area contributed by atoms with Crippen LogP contribution < -0.4 is 4.90 Å². The molecule has 2 aromatic rings. The lowest BCUT2D eigenvalue weighted by atomic mass is 9.99. The number of pyridine rings is 1. The molecule has 2 aliphatic heterocycles. The van der Waals surface area contributed by atoms with E-state index in [1.54, 1.807) is 29.3 Å². The van der Waals surface area contributed by atoms with Crippen LogP contribution in [0.3, 0.4) is 0 Å². The van der Waals surface area contributed by atoms with Gasteiger partial charge in [-0.2, -0.15) is 0 Å². The van der Waals surface area contributed by atoms with E-state index in [1.165, 1.54) is 5.56 Å². The summed E-state index contributed by atoms with van der Waals surface area (Å²) >= 11 is 0. The molecule has 2 aliphatic rings. The molecule has 1 atom stereocenters. The van der Waals surface area contributed by atoms with Gasteiger partial charge in [-0.1, -0.05) is 6.07 Å². The summed E-state index contributed by atoms with van der Waals surface area (Å²) in [6, 6.07) is 9.05. The number of aryl methyl sites for hydroxylation is 1. The number of anilines is 1. The number of benzene rings is 1. The number of urea groups is 1. The summed E-state index contributed by atoms with van der Waals surface area (Å²) in [6.07, 6.45) is 6.23. The number of aromatic carboxylic acids is 1. The Labute approximate surface area is 152 Å². The van der Waals surface area contributed by atoms with Crippen LogP contribution >= 0.6 is 0 Å². The lowest BCUT2D eigenvalue weighted by molar-refractivity contribution is 0.0696. The largest absolute Gasteiger partial charge is 0.478 e. The number of carboxylic acid groups (broad SMARTS) is 1. The summed E-state index contributed by atoms with van der Waals surface area (Å²) in [5, 5.41) is 9.18. The molecule has 2 amide bonds. The second kappa shape index (κ2) is 6.78. The molecule has 0 saturated carbocycles. The molecule has 1 unspecified atom stereocenters. The van der Waals surface area contributed by atoms with Gasteiger partial charge in [-0.3, -0.25) is 9.88 Å². The number of amides is 2. The lowest BCUT2D eigenvalue weighted by Crippen LogP contribution is -2.44. The first-order valence-electron chi connectivity index (χ1n) is 8.96. The van der Waals surface area contributed by atoms with Crippen molar-refractivity contribution in [2.24, 2.45) is 0 Å². The fourth-order valence-corrected chi connectivity index (χ4v) is 3.92. The van der Waals surface area contributed by atoms with Crippen LogP contribution in [-0.4, -0.2) is 46.6 Å².